The third kappa shape index (κ3) is 12.3. The van der Waals surface area contributed by atoms with E-state index in [4.69, 9.17) is 16.6 Å². The quantitative estimate of drug-likeness (QED) is 0.0613. The van der Waals surface area contributed by atoms with Crippen LogP contribution in [-0.4, -0.2) is 121 Å². The van der Waals surface area contributed by atoms with Crippen molar-refractivity contribution in [1.82, 2.24) is 15.5 Å². The summed E-state index contributed by atoms with van der Waals surface area (Å²) < 4.78 is 0. The largest absolute Gasteiger partial charge is 0.508 e. The topological polar surface area (TPSA) is 297 Å². The predicted molar refractivity (Wildman–Crippen MR) is 182 cm³/mol. The second-order valence-corrected chi connectivity index (χ2v) is 12.8. The van der Waals surface area contributed by atoms with E-state index in [9.17, 15) is 53.7 Å². The van der Waals surface area contributed by atoms with Crippen molar-refractivity contribution < 1.29 is 58.8 Å². The number of aliphatic carboxylic acids is 2. The van der Waals surface area contributed by atoms with Gasteiger partial charge in [0.1, 0.15) is 23.1 Å². The van der Waals surface area contributed by atoms with E-state index in [0.29, 0.717) is 12.0 Å². The van der Waals surface area contributed by atoms with Gasteiger partial charge in [0.2, 0.25) is 23.6 Å². The first-order valence-corrected chi connectivity index (χ1v) is 16.8. The minimum Gasteiger partial charge on any atom is -0.508 e. The Labute approximate surface area is 298 Å². The fraction of sp³-hybridized carbons (Fsp3) is 0.548. The van der Waals surface area contributed by atoms with Crippen LogP contribution in [0.1, 0.15) is 44.1 Å². The summed E-state index contributed by atoms with van der Waals surface area (Å²) >= 11 is 8.00. The zero-order valence-electron chi connectivity index (χ0n) is 27.0. The van der Waals surface area contributed by atoms with Crippen molar-refractivity contribution in [2.24, 2.45) is 23.3 Å². The maximum absolute atomic E-state index is 13.6. The number of aliphatic hydroxyl groups is 1. The van der Waals surface area contributed by atoms with Crippen molar-refractivity contribution in [3.05, 3.63) is 29.8 Å². The van der Waals surface area contributed by atoms with Crippen LogP contribution in [0.15, 0.2) is 24.3 Å². The average Bonchev–Trinajstić information content (AvgIpc) is 3.57. The van der Waals surface area contributed by atoms with Crippen molar-refractivity contribution >= 4 is 72.4 Å². The molecule has 1 aliphatic heterocycles. The smallest absolute Gasteiger partial charge is 0.318 e. The molecule has 17 nitrogen and oxygen atoms in total. The summed E-state index contributed by atoms with van der Waals surface area (Å²) in [7, 11) is 0. The SMILES string of the molecule is NC(=O)[C@H](CO)NC(=O)[C@@H](CC(=O)[C@H](CS)NC(=O)[C@@H]1CCCN1C(=O)[C@H](CCC(=O)O)CC(=O)[C@@H](N)[C@@H](S)C(=O)O)Cc1ccc(O)cc1. The van der Waals surface area contributed by atoms with E-state index in [1.54, 1.807) is 0 Å². The summed E-state index contributed by atoms with van der Waals surface area (Å²) in [6, 6.07) is 0.442. The van der Waals surface area contributed by atoms with Crippen LogP contribution in [0.3, 0.4) is 0 Å². The van der Waals surface area contributed by atoms with Gasteiger partial charge in [-0.1, -0.05) is 12.1 Å². The van der Waals surface area contributed by atoms with E-state index in [0.717, 1.165) is 0 Å². The first-order valence-electron chi connectivity index (χ1n) is 15.6. The highest BCUT2D eigenvalue weighted by molar-refractivity contribution is 7.81. The maximum atomic E-state index is 13.6. The number of carboxylic acid groups (broad SMARTS) is 2. The van der Waals surface area contributed by atoms with Crippen molar-refractivity contribution in [3.63, 3.8) is 0 Å². The van der Waals surface area contributed by atoms with Crippen molar-refractivity contribution in [1.29, 1.82) is 0 Å². The van der Waals surface area contributed by atoms with Gasteiger partial charge in [-0.25, -0.2) is 0 Å². The summed E-state index contributed by atoms with van der Waals surface area (Å²) in [6.07, 6.45) is -1.34. The Morgan fingerprint density at radius 3 is 2.10 bits per heavy atom. The molecule has 1 saturated heterocycles. The Hall–Kier alpha value is -4.20. The van der Waals surface area contributed by atoms with Crippen LogP contribution in [0.5, 0.6) is 5.75 Å². The van der Waals surface area contributed by atoms with Crippen LogP contribution in [0.2, 0.25) is 0 Å². The number of carboxylic acids is 2. The minimum absolute atomic E-state index is 0.0343. The lowest BCUT2D eigenvalue weighted by Gasteiger charge is -2.29. The van der Waals surface area contributed by atoms with Gasteiger partial charge >= 0.3 is 11.9 Å². The number of thiol groups is 2. The number of nitrogens with two attached hydrogens (primary N) is 2. The van der Waals surface area contributed by atoms with E-state index in [1.807, 2.05) is 0 Å². The van der Waals surface area contributed by atoms with Gasteiger partial charge in [0.25, 0.3) is 0 Å². The average molecular weight is 742 g/mol. The molecule has 2 rings (SSSR count). The number of rotatable bonds is 21. The van der Waals surface area contributed by atoms with Gasteiger partial charge in [-0.3, -0.25) is 38.4 Å². The number of likely N-dealkylation sites (tertiary alicyclic amines) is 1. The number of carbonyl (C=O) groups excluding carboxylic acids is 6. The predicted octanol–water partition coefficient (Wildman–Crippen LogP) is -1.97. The number of hydrogen-bond acceptors (Lipinski definition) is 13. The van der Waals surface area contributed by atoms with Gasteiger partial charge in [-0.15, -0.1) is 0 Å². The fourth-order valence-electron chi connectivity index (χ4n) is 5.41. The normalized spacial score (nSPS) is 17.8. The number of benzene rings is 1. The molecule has 0 radical (unpaired) electrons. The molecule has 0 spiro atoms. The lowest BCUT2D eigenvalue weighted by molar-refractivity contribution is -0.145. The third-order valence-electron chi connectivity index (χ3n) is 8.27. The molecule has 1 aromatic carbocycles. The van der Waals surface area contributed by atoms with E-state index < -0.39 is 114 Å². The number of nitrogens with zero attached hydrogens (tertiary/aromatic N) is 1. The maximum Gasteiger partial charge on any atom is 0.318 e. The fourth-order valence-corrected chi connectivity index (χ4v) is 5.87. The number of amides is 4. The van der Waals surface area contributed by atoms with E-state index in [2.05, 4.69) is 35.9 Å². The van der Waals surface area contributed by atoms with E-state index in [1.165, 1.54) is 29.2 Å². The first kappa shape index (κ1) is 42.0. The second kappa shape index (κ2) is 19.9. The molecule has 1 aromatic rings. The van der Waals surface area contributed by atoms with Crippen LogP contribution in [0, 0.1) is 11.8 Å². The molecule has 276 valence electrons. The number of primary amides is 1. The Balaban J connectivity index is 2.23. The van der Waals surface area contributed by atoms with Gasteiger partial charge in [-0.2, -0.15) is 25.3 Å². The lowest BCUT2D eigenvalue weighted by Crippen LogP contribution is -2.53. The van der Waals surface area contributed by atoms with Crippen LogP contribution in [-0.2, 0) is 44.8 Å². The monoisotopic (exact) mass is 741 g/mol. The highest BCUT2D eigenvalue weighted by Gasteiger charge is 2.40. The van der Waals surface area contributed by atoms with Crippen molar-refractivity contribution in [2.75, 3.05) is 18.9 Å². The van der Waals surface area contributed by atoms with Gasteiger partial charge in [-0.05, 0) is 43.4 Å². The number of hydrogen-bond donors (Lipinski definition) is 10. The molecule has 0 bridgehead atoms. The zero-order valence-corrected chi connectivity index (χ0v) is 28.8. The summed E-state index contributed by atoms with van der Waals surface area (Å²) in [6.45, 7) is -0.714. The number of phenolic OH excluding ortho intramolecular Hbond substituents is 1. The molecule has 0 unspecified atom stereocenters. The van der Waals surface area contributed by atoms with Crippen LogP contribution >= 0.6 is 25.3 Å². The van der Waals surface area contributed by atoms with Gasteiger partial charge < -0.3 is 47.4 Å². The molecule has 0 aliphatic carbocycles. The summed E-state index contributed by atoms with van der Waals surface area (Å²) in [5.74, 6) is -10.00. The molecule has 4 amide bonds. The Morgan fingerprint density at radius 1 is 0.940 bits per heavy atom. The standard InChI is InChI=1S/C31H43N5O12S2/c32-25(26(50)31(47)48)23(40)11-16(5-8-24(41)42)30(46)36-9-1-2-21(36)29(45)35-20(14-49)22(39)12-17(10-15-3-6-18(38)7-4-15)28(44)34-19(13-37)27(33)43/h3-4,6-7,16-17,19-21,25-26,37-38,49-50H,1-2,5,8-14,32H2,(H2,33,43)(H,34,44)(H,35,45)(H,41,42)(H,47,48)/t16-,17-,19+,20+,21+,25-,26-/m1/s1. The van der Waals surface area contributed by atoms with Crippen molar-refractivity contribution in [2.45, 2.75) is 74.4 Å². The molecule has 50 heavy (non-hydrogen) atoms. The number of ketones is 2. The van der Waals surface area contributed by atoms with Gasteiger partial charge in [0, 0.05) is 43.4 Å². The zero-order chi connectivity index (χ0) is 37.7. The molecule has 7 atom stereocenters. The molecular formula is C31H43N5O12S2. The summed E-state index contributed by atoms with van der Waals surface area (Å²) in [4.78, 5) is 102. The van der Waals surface area contributed by atoms with Gasteiger partial charge in [0.15, 0.2) is 11.6 Å². The third-order valence-corrected chi connectivity index (χ3v) is 9.18. The summed E-state index contributed by atoms with van der Waals surface area (Å²) in [5.41, 5.74) is 11.5. The first-order chi connectivity index (χ1) is 23.5. The molecule has 0 saturated carbocycles. The molecular weight excluding hydrogens is 698 g/mol. The molecule has 19 heteroatoms. The number of carbonyl (C=O) groups is 8. The Kier molecular flexibility index (Phi) is 16.7. The number of aromatic hydroxyl groups is 1. The Morgan fingerprint density at radius 2 is 1.56 bits per heavy atom. The molecule has 1 heterocycles. The minimum atomic E-state index is -1.58. The van der Waals surface area contributed by atoms with Crippen molar-refractivity contribution in [3.8, 4) is 5.75 Å². The molecule has 0 aromatic heterocycles. The number of phenols is 1. The van der Waals surface area contributed by atoms with E-state index in [-0.39, 0.29) is 37.3 Å². The Bertz CT molecular complexity index is 1430. The second-order valence-electron chi connectivity index (χ2n) is 11.9. The number of nitrogens with one attached hydrogen (secondary N) is 2. The van der Waals surface area contributed by atoms with Crippen LogP contribution in [0.25, 0.3) is 0 Å². The molecule has 1 fully saturated rings. The highest BCUT2D eigenvalue weighted by Crippen LogP contribution is 2.25. The molecule has 1 aliphatic rings. The molecule has 10 N–H and O–H groups in total. The van der Waals surface area contributed by atoms with Crippen LogP contribution in [0.4, 0.5) is 0 Å². The number of Topliss-reactive ketones (excluding diaryl/α,β-unsaturated/α-hetero) is 2. The lowest BCUT2D eigenvalue weighted by atomic mass is 9.91. The van der Waals surface area contributed by atoms with Crippen LogP contribution < -0.4 is 22.1 Å². The van der Waals surface area contributed by atoms with Gasteiger partial charge in [0.05, 0.1) is 18.7 Å². The highest BCUT2D eigenvalue weighted by atomic mass is 32.1. The van der Waals surface area contributed by atoms with E-state index >= 15 is 0 Å². The number of aliphatic hydroxyl groups excluding tert-OH is 1. The summed E-state index contributed by atoms with van der Waals surface area (Å²) in [5, 5.41) is 40.7.